The first-order valence-corrected chi connectivity index (χ1v) is 11.0. The van der Waals surface area contributed by atoms with Crippen LogP contribution in [0.15, 0.2) is 84.1 Å². The Labute approximate surface area is 193 Å². The van der Waals surface area contributed by atoms with Gasteiger partial charge in [0.2, 0.25) is 0 Å². The fourth-order valence-electron chi connectivity index (χ4n) is 4.31. The highest BCUT2D eigenvalue weighted by Gasteiger charge is 2.16. The number of benzene rings is 3. The molecule has 0 radical (unpaired) electrons. The van der Waals surface area contributed by atoms with E-state index in [1.54, 1.807) is 20.5 Å². The van der Waals surface area contributed by atoms with Crippen molar-refractivity contribution in [2.45, 2.75) is 19.3 Å². The summed E-state index contributed by atoms with van der Waals surface area (Å²) in [5.41, 5.74) is 8.59. The van der Waals surface area contributed by atoms with E-state index < -0.39 is 0 Å². The van der Waals surface area contributed by atoms with Crippen LogP contribution in [0.1, 0.15) is 22.4 Å². The number of nitrogens with zero attached hydrogens (tertiary/aromatic N) is 3. The van der Waals surface area contributed by atoms with Gasteiger partial charge in [0, 0.05) is 41.8 Å². The van der Waals surface area contributed by atoms with Crippen molar-refractivity contribution in [1.29, 1.82) is 0 Å². The zero-order valence-electron chi connectivity index (χ0n) is 18.8. The summed E-state index contributed by atoms with van der Waals surface area (Å²) in [5, 5.41) is 0. The number of fused-ring (bicyclic) bond motifs is 1. The van der Waals surface area contributed by atoms with Crippen molar-refractivity contribution in [1.82, 2.24) is 9.97 Å². The second kappa shape index (κ2) is 9.25. The van der Waals surface area contributed by atoms with E-state index in [4.69, 9.17) is 14.5 Å². The SMILES string of the molecule is COc1ccc(Cc2cc(-c3ccccc3OC)ncn2)cc1CC1=Nc2ccccc2C1. The van der Waals surface area contributed by atoms with Crippen LogP contribution in [0.25, 0.3) is 11.3 Å². The van der Waals surface area contributed by atoms with Crippen LogP contribution in [0.4, 0.5) is 5.69 Å². The molecular formula is C28H25N3O2. The van der Waals surface area contributed by atoms with Crippen molar-refractivity contribution in [3.8, 4) is 22.8 Å². The van der Waals surface area contributed by atoms with E-state index in [1.165, 1.54) is 11.1 Å². The van der Waals surface area contributed by atoms with Crippen LogP contribution in [0, 0.1) is 0 Å². The Morgan fingerprint density at radius 2 is 1.61 bits per heavy atom. The highest BCUT2D eigenvalue weighted by atomic mass is 16.5. The van der Waals surface area contributed by atoms with Gasteiger partial charge in [-0.15, -0.1) is 0 Å². The van der Waals surface area contributed by atoms with Gasteiger partial charge in [0.1, 0.15) is 17.8 Å². The molecule has 164 valence electrons. The molecule has 1 aliphatic rings. The lowest BCUT2D eigenvalue weighted by atomic mass is 9.99. The summed E-state index contributed by atoms with van der Waals surface area (Å²) < 4.78 is 11.1. The molecule has 5 nitrogen and oxygen atoms in total. The molecule has 0 amide bonds. The molecule has 5 heteroatoms. The molecule has 1 aliphatic heterocycles. The average molecular weight is 436 g/mol. The Hall–Kier alpha value is -3.99. The maximum absolute atomic E-state index is 5.65. The molecule has 5 rings (SSSR count). The van der Waals surface area contributed by atoms with Crippen molar-refractivity contribution in [3.05, 3.63) is 102 Å². The second-order valence-corrected chi connectivity index (χ2v) is 8.08. The largest absolute Gasteiger partial charge is 0.496 e. The third-order valence-electron chi connectivity index (χ3n) is 5.90. The lowest BCUT2D eigenvalue weighted by Gasteiger charge is -2.12. The number of methoxy groups -OCH3 is 2. The van der Waals surface area contributed by atoms with E-state index in [-0.39, 0.29) is 0 Å². The highest BCUT2D eigenvalue weighted by molar-refractivity contribution is 5.95. The summed E-state index contributed by atoms with van der Waals surface area (Å²) in [6.07, 6.45) is 3.97. The Bertz CT molecular complexity index is 1330. The number of ether oxygens (including phenoxy) is 2. The maximum atomic E-state index is 5.65. The minimum Gasteiger partial charge on any atom is -0.496 e. The minimum atomic E-state index is 0.703. The molecule has 0 N–H and O–H groups in total. The fraction of sp³-hybridized carbons (Fsp3) is 0.179. The topological polar surface area (TPSA) is 56.6 Å². The average Bonchev–Trinajstić information content (AvgIpc) is 3.27. The lowest BCUT2D eigenvalue weighted by Crippen LogP contribution is -2.05. The van der Waals surface area contributed by atoms with Gasteiger partial charge in [0.05, 0.1) is 25.6 Å². The molecular weight excluding hydrogens is 410 g/mol. The molecule has 0 saturated carbocycles. The van der Waals surface area contributed by atoms with Gasteiger partial charge in [0.15, 0.2) is 0 Å². The minimum absolute atomic E-state index is 0.703. The number of aromatic nitrogens is 2. The monoisotopic (exact) mass is 435 g/mol. The molecule has 3 aromatic carbocycles. The number of rotatable bonds is 7. The van der Waals surface area contributed by atoms with Crippen molar-refractivity contribution in [2.24, 2.45) is 4.99 Å². The summed E-state index contributed by atoms with van der Waals surface area (Å²) in [6.45, 7) is 0. The van der Waals surface area contributed by atoms with Crippen molar-refractivity contribution >= 4 is 11.4 Å². The Balaban J connectivity index is 1.39. The number of para-hydroxylation sites is 2. The van der Waals surface area contributed by atoms with Crippen LogP contribution in [0.3, 0.4) is 0 Å². The molecule has 4 aromatic rings. The molecule has 0 bridgehead atoms. The molecule has 0 spiro atoms. The first-order valence-electron chi connectivity index (χ1n) is 11.0. The van der Waals surface area contributed by atoms with Gasteiger partial charge in [-0.05, 0) is 41.5 Å². The van der Waals surface area contributed by atoms with Gasteiger partial charge in [-0.1, -0.05) is 42.5 Å². The summed E-state index contributed by atoms with van der Waals surface area (Å²) in [7, 11) is 3.39. The van der Waals surface area contributed by atoms with Gasteiger partial charge in [-0.2, -0.15) is 0 Å². The molecule has 2 heterocycles. The highest BCUT2D eigenvalue weighted by Crippen LogP contribution is 2.31. The lowest BCUT2D eigenvalue weighted by molar-refractivity contribution is 0.411. The quantitative estimate of drug-likeness (QED) is 0.378. The van der Waals surface area contributed by atoms with E-state index in [0.29, 0.717) is 6.42 Å². The van der Waals surface area contributed by atoms with Crippen molar-refractivity contribution in [2.75, 3.05) is 14.2 Å². The van der Waals surface area contributed by atoms with Crippen LogP contribution in [-0.2, 0) is 19.3 Å². The van der Waals surface area contributed by atoms with Gasteiger partial charge >= 0.3 is 0 Å². The Kier molecular flexibility index (Phi) is 5.85. The molecule has 0 fully saturated rings. The summed E-state index contributed by atoms with van der Waals surface area (Å²) in [6, 6.07) is 24.6. The van der Waals surface area contributed by atoms with Crippen LogP contribution < -0.4 is 9.47 Å². The van der Waals surface area contributed by atoms with Gasteiger partial charge in [-0.25, -0.2) is 9.97 Å². The molecule has 0 saturated heterocycles. The zero-order chi connectivity index (χ0) is 22.6. The van der Waals surface area contributed by atoms with Crippen LogP contribution in [0.2, 0.25) is 0 Å². The predicted octanol–water partition coefficient (Wildman–Crippen LogP) is 5.62. The standard InChI is InChI=1S/C28H25N3O2/c1-32-27-12-11-19(13-21(27)16-23-15-20-7-3-5-9-25(20)31-23)14-22-17-26(30-18-29-22)24-8-4-6-10-28(24)33-2/h3-13,17-18H,14-16H2,1-2H3. The normalized spacial score (nSPS) is 12.2. The van der Waals surface area contributed by atoms with E-state index in [9.17, 15) is 0 Å². The number of hydrogen-bond donors (Lipinski definition) is 0. The second-order valence-electron chi connectivity index (χ2n) is 8.08. The summed E-state index contributed by atoms with van der Waals surface area (Å²) >= 11 is 0. The van der Waals surface area contributed by atoms with Crippen LogP contribution >= 0.6 is 0 Å². The smallest absolute Gasteiger partial charge is 0.128 e. The van der Waals surface area contributed by atoms with Gasteiger partial charge in [-0.3, -0.25) is 4.99 Å². The van der Waals surface area contributed by atoms with Gasteiger partial charge < -0.3 is 9.47 Å². The molecule has 0 aliphatic carbocycles. The fourth-order valence-corrected chi connectivity index (χ4v) is 4.31. The number of aliphatic imine (C=N–C) groups is 1. The molecule has 0 atom stereocenters. The Morgan fingerprint density at radius 3 is 2.45 bits per heavy atom. The Morgan fingerprint density at radius 1 is 0.788 bits per heavy atom. The van der Waals surface area contributed by atoms with Crippen LogP contribution in [-0.4, -0.2) is 29.9 Å². The molecule has 33 heavy (non-hydrogen) atoms. The number of hydrogen-bond acceptors (Lipinski definition) is 5. The van der Waals surface area contributed by atoms with E-state index in [1.807, 2.05) is 42.5 Å². The van der Waals surface area contributed by atoms with Crippen molar-refractivity contribution in [3.63, 3.8) is 0 Å². The summed E-state index contributed by atoms with van der Waals surface area (Å²) in [4.78, 5) is 13.8. The zero-order valence-corrected chi connectivity index (χ0v) is 18.8. The first-order chi connectivity index (χ1) is 16.2. The third-order valence-corrected chi connectivity index (χ3v) is 5.90. The van der Waals surface area contributed by atoms with E-state index in [2.05, 4.69) is 40.3 Å². The molecule has 0 unspecified atom stereocenters. The van der Waals surface area contributed by atoms with Gasteiger partial charge in [0.25, 0.3) is 0 Å². The maximum Gasteiger partial charge on any atom is 0.128 e. The third kappa shape index (κ3) is 4.48. The predicted molar refractivity (Wildman–Crippen MR) is 131 cm³/mol. The van der Waals surface area contributed by atoms with Crippen molar-refractivity contribution < 1.29 is 9.47 Å². The van der Waals surface area contributed by atoms with E-state index >= 15 is 0 Å². The first kappa shape index (κ1) is 20.9. The molecule has 1 aromatic heterocycles. The van der Waals surface area contributed by atoms with Crippen LogP contribution in [0.5, 0.6) is 11.5 Å². The van der Waals surface area contributed by atoms with E-state index in [0.717, 1.165) is 58.3 Å². The summed E-state index contributed by atoms with van der Waals surface area (Å²) in [5.74, 6) is 1.68.